The highest BCUT2D eigenvalue weighted by atomic mass is 16.5. The molecule has 6 nitrogen and oxygen atoms in total. The van der Waals surface area contributed by atoms with Crippen LogP contribution in [0.2, 0.25) is 0 Å². The van der Waals surface area contributed by atoms with Gasteiger partial charge in [0.15, 0.2) is 0 Å². The van der Waals surface area contributed by atoms with Crippen molar-refractivity contribution < 1.29 is 14.6 Å². The van der Waals surface area contributed by atoms with Crippen molar-refractivity contribution in [2.75, 3.05) is 13.2 Å². The number of hydrogen-bond acceptors (Lipinski definition) is 4. The van der Waals surface area contributed by atoms with E-state index in [4.69, 9.17) is 4.74 Å². The number of aromatic nitrogens is 2. The third-order valence-corrected chi connectivity index (χ3v) is 2.85. The Morgan fingerprint density at radius 2 is 2.38 bits per heavy atom. The maximum absolute atomic E-state index is 11.6. The summed E-state index contributed by atoms with van der Waals surface area (Å²) in [4.78, 5) is 15.5. The fraction of sp³-hybridized carbons (Fsp3) is 0.333. The van der Waals surface area contributed by atoms with Gasteiger partial charge in [-0.3, -0.25) is 4.79 Å². The number of aliphatic hydroxyl groups excluding tert-OH is 1. The number of amides is 1. The summed E-state index contributed by atoms with van der Waals surface area (Å²) in [7, 11) is 0. The molecule has 2 rings (SSSR count). The van der Waals surface area contributed by atoms with Crippen molar-refractivity contribution in [2.24, 2.45) is 0 Å². The third-order valence-electron chi connectivity index (χ3n) is 2.85. The molecule has 0 unspecified atom stereocenters. The van der Waals surface area contributed by atoms with Crippen LogP contribution in [-0.4, -0.2) is 39.8 Å². The monoisotopic (exact) mass is 289 g/mol. The average molecular weight is 289 g/mol. The first-order valence-electron chi connectivity index (χ1n) is 6.73. The molecule has 0 bridgehead atoms. The van der Waals surface area contributed by atoms with E-state index in [0.29, 0.717) is 5.75 Å². The van der Waals surface area contributed by atoms with Crippen molar-refractivity contribution in [2.45, 2.75) is 19.6 Å². The summed E-state index contributed by atoms with van der Waals surface area (Å²) < 4.78 is 7.13. The minimum atomic E-state index is -0.753. The van der Waals surface area contributed by atoms with Gasteiger partial charge in [0.05, 0.1) is 6.33 Å². The molecule has 1 amide bonds. The van der Waals surface area contributed by atoms with Crippen LogP contribution in [0.4, 0.5) is 0 Å². The predicted octanol–water partition coefficient (Wildman–Crippen LogP) is 0.748. The van der Waals surface area contributed by atoms with Gasteiger partial charge in [0.25, 0.3) is 0 Å². The van der Waals surface area contributed by atoms with Crippen molar-refractivity contribution in [3.63, 3.8) is 0 Å². The second-order valence-corrected chi connectivity index (χ2v) is 4.82. The molecule has 1 aromatic heterocycles. The molecule has 2 aromatic rings. The van der Waals surface area contributed by atoms with Crippen LogP contribution in [0.25, 0.3) is 0 Å². The second kappa shape index (κ2) is 7.44. The summed E-state index contributed by atoms with van der Waals surface area (Å²) in [6.07, 6.45) is 4.13. The standard InChI is InChI=1S/C15H19N3O3/c1-12-3-2-4-14(7-12)21-10-13(19)8-17-15(20)9-18-6-5-16-11-18/h2-7,11,13,19H,8-10H2,1H3,(H,17,20)/t13-/m1/s1. The summed E-state index contributed by atoms with van der Waals surface area (Å²) in [5, 5.41) is 12.4. The molecule has 2 N–H and O–H groups in total. The lowest BCUT2D eigenvalue weighted by Gasteiger charge is -2.13. The van der Waals surface area contributed by atoms with E-state index in [2.05, 4.69) is 10.3 Å². The molecule has 0 fully saturated rings. The van der Waals surface area contributed by atoms with Crippen molar-refractivity contribution in [1.82, 2.24) is 14.9 Å². The van der Waals surface area contributed by atoms with Gasteiger partial charge in [-0.05, 0) is 24.6 Å². The van der Waals surface area contributed by atoms with Crippen LogP contribution in [0, 0.1) is 6.92 Å². The van der Waals surface area contributed by atoms with Crippen molar-refractivity contribution >= 4 is 5.91 Å². The van der Waals surface area contributed by atoms with Crippen molar-refractivity contribution in [1.29, 1.82) is 0 Å². The van der Waals surface area contributed by atoms with Gasteiger partial charge in [-0.1, -0.05) is 12.1 Å². The molecule has 6 heteroatoms. The van der Waals surface area contributed by atoms with E-state index in [-0.39, 0.29) is 25.6 Å². The van der Waals surface area contributed by atoms with E-state index in [1.807, 2.05) is 31.2 Å². The Morgan fingerprint density at radius 1 is 1.52 bits per heavy atom. The van der Waals surface area contributed by atoms with Crippen molar-refractivity contribution in [3.05, 3.63) is 48.5 Å². The van der Waals surface area contributed by atoms with Gasteiger partial charge < -0.3 is 19.7 Å². The van der Waals surface area contributed by atoms with Gasteiger partial charge >= 0.3 is 0 Å². The summed E-state index contributed by atoms with van der Waals surface area (Å²) in [5.41, 5.74) is 1.09. The molecule has 0 saturated carbocycles. The average Bonchev–Trinajstić information content (AvgIpc) is 2.96. The molecule has 0 aliphatic carbocycles. The largest absolute Gasteiger partial charge is 0.491 e. The SMILES string of the molecule is Cc1cccc(OC[C@H](O)CNC(=O)Cn2ccnc2)c1. The lowest BCUT2D eigenvalue weighted by Crippen LogP contribution is -2.36. The molecule has 1 atom stereocenters. The van der Waals surface area contributed by atoms with Gasteiger partial charge in [0.2, 0.25) is 5.91 Å². The number of imidazole rings is 1. The Balaban J connectivity index is 1.67. The summed E-state index contributed by atoms with van der Waals surface area (Å²) in [6.45, 7) is 2.44. The smallest absolute Gasteiger partial charge is 0.240 e. The first kappa shape index (κ1) is 15.1. The zero-order valence-corrected chi connectivity index (χ0v) is 11.9. The van der Waals surface area contributed by atoms with Gasteiger partial charge in [0, 0.05) is 18.9 Å². The molecular formula is C15H19N3O3. The predicted molar refractivity (Wildman–Crippen MR) is 77.9 cm³/mol. The molecule has 0 aliphatic rings. The van der Waals surface area contributed by atoms with E-state index in [1.54, 1.807) is 23.3 Å². The van der Waals surface area contributed by atoms with Crippen LogP contribution in [0.1, 0.15) is 5.56 Å². The fourth-order valence-corrected chi connectivity index (χ4v) is 1.79. The third kappa shape index (κ3) is 5.27. The molecule has 112 valence electrons. The Labute approximate surface area is 123 Å². The topological polar surface area (TPSA) is 76.4 Å². The fourth-order valence-electron chi connectivity index (χ4n) is 1.79. The van der Waals surface area contributed by atoms with Gasteiger partial charge in [0.1, 0.15) is 25.0 Å². The first-order chi connectivity index (χ1) is 10.1. The molecule has 0 radical (unpaired) electrons. The number of carbonyl (C=O) groups is 1. The number of ether oxygens (including phenoxy) is 1. The molecule has 0 saturated heterocycles. The minimum absolute atomic E-state index is 0.134. The number of rotatable bonds is 7. The second-order valence-electron chi connectivity index (χ2n) is 4.82. The number of nitrogens with zero attached hydrogens (tertiary/aromatic N) is 2. The number of aliphatic hydroxyl groups is 1. The highest BCUT2D eigenvalue weighted by Gasteiger charge is 2.08. The summed E-state index contributed by atoms with van der Waals surface area (Å²) in [5.74, 6) is 0.529. The van der Waals surface area contributed by atoms with Crippen LogP contribution in [0.15, 0.2) is 43.0 Å². The number of aryl methyl sites for hydroxylation is 1. The van der Waals surface area contributed by atoms with E-state index in [1.165, 1.54) is 0 Å². The van der Waals surface area contributed by atoms with Crippen LogP contribution < -0.4 is 10.1 Å². The summed E-state index contributed by atoms with van der Waals surface area (Å²) >= 11 is 0. The normalized spacial score (nSPS) is 11.9. The Kier molecular flexibility index (Phi) is 5.34. The number of benzene rings is 1. The van der Waals surface area contributed by atoms with E-state index in [9.17, 15) is 9.90 Å². The molecule has 0 aliphatic heterocycles. The Bertz CT molecular complexity index is 569. The van der Waals surface area contributed by atoms with Crippen LogP contribution in [0.5, 0.6) is 5.75 Å². The highest BCUT2D eigenvalue weighted by molar-refractivity contribution is 5.75. The number of carbonyl (C=O) groups excluding carboxylic acids is 1. The van der Waals surface area contributed by atoms with Crippen LogP contribution in [0.3, 0.4) is 0 Å². The molecule has 21 heavy (non-hydrogen) atoms. The van der Waals surface area contributed by atoms with E-state index >= 15 is 0 Å². The number of hydrogen-bond donors (Lipinski definition) is 2. The van der Waals surface area contributed by atoms with Crippen LogP contribution in [-0.2, 0) is 11.3 Å². The van der Waals surface area contributed by atoms with Crippen molar-refractivity contribution in [3.8, 4) is 5.75 Å². The zero-order valence-electron chi connectivity index (χ0n) is 11.9. The Morgan fingerprint density at radius 3 is 3.10 bits per heavy atom. The summed E-state index contributed by atoms with van der Waals surface area (Å²) in [6, 6.07) is 7.59. The van der Waals surface area contributed by atoms with E-state index in [0.717, 1.165) is 5.56 Å². The molecule has 1 aromatic carbocycles. The van der Waals surface area contributed by atoms with Gasteiger partial charge in [-0.25, -0.2) is 4.98 Å². The van der Waals surface area contributed by atoms with Gasteiger partial charge in [-0.15, -0.1) is 0 Å². The van der Waals surface area contributed by atoms with E-state index < -0.39 is 6.10 Å². The maximum Gasteiger partial charge on any atom is 0.240 e. The molecular weight excluding hydrogens is 270 g/mol. The first-order valence-corrected chi connectivity index (χ1v) is 6.73. The molecule has 0 spiro atoms. The van der Waals surface area contributed by atoms with Gasteiger partial charge in [-0.2, -0.15) is 0 Å². The Hall–Kier alpha value is -2.34. The quantitative estimate of drug-likeness (QED) is 0.788. The lowest BCUT2D eigenvalue weighted by molar-refractivity contribution is -0.122. The van der Waals surface area contributed by atoms with Crippen LogP contribution >= 0.6 is 0 Å². The number of nitrogens with one attached hydrogen (secondary N) is 1. The zero-order chi connectivity index (χ0) is 15.1. The lowest BCUT2D eigenvalue weighted by atomic mass is 10.2. The minimum Gasteiger partial charge on any atom is -0.491 e. The molecule has 1 heterocycles. The maximum atomic E-state index is 11.6. The highest BCUT2D eigenvalue weighted by Crippen LogP contribution is 2.12.